The maximum absolute atomic E-state index is 5.88. The maximum atomic E-state index is 5.88. The average Bonchev–Trinajstić information content (AvgIpc) is 3.09. The first kappa shape index (κ1) is 13.6. The first-order valence-corrected chi connectivity index (χ1v) is 7.38. The van der Waals surface area contributed by atoms with Crippen LogP contribution in [0.2, 0.25) is 5.02 Å². The largest absolute Gasteiger partial charge is 0.339 e. The third-order valence-electron chi connectivity index (χ3n) is 3.96. The lowest BCUT2D eigenvalue weighted by molar-refractivity contribution is 0.332. The summed E-state index contributed by atoms with van der Waals surface area (Å²) in [5.74, 6) is 1.86. The number of halogens is 1. The van der Waals surface area contributed by atoms with Gasteiger partial charge in [0.05, 0.1) is 5.92 Å². The highest BCUT2D eigenvalue weighted by Crippen LogP contribution is 2.33. The molecule has 106 valence electrons. The SMILES string of the molecule is CNC1CCCC1c1nc(Cc2ccc(Cl)cc2)no1. The summed E-state index contributed by atoms with van der Waals surface area (Å²) < 4.78 is 5.45. The molecule has 2 atom stereocenters. The van der Waals surface area contributed by atoms with Gasteiger partial charge in [0.25, 0.3) is 0 Å². The highest BCUT2D eigenvalue weighted by molar-refractivity contribution is 6.30. The minimum absolute atomic E-state index is 0.353. The van der Waals surface area contributed by atoms with E-state index in [4.69, 9.17) is 16.1 Å². The lowest BCUT2D eigenvalue weighted by Gasteiger charge is -2.14. The Bertz CT molecular complexity index is 567. The number of nitrogens with zero attached hydrogens (tertiary/aromatic N) is 2. The number of rotatable bonds is 4. The van der Waals surface area contributed by atoms with Crippen molar-refractivity contribution in [1.29, 1.82) is 0 Å². The van der Waals surface area contributed by atoms with Gasteiger partial charge in [-0.3, -0.25) is 0 Å². The van der Waals surface area contributed by atoms with Gasteiger partial charge in [-0.05, 0) is 37.6 Å². The van der Waals surface area contributed by atoms with Crippen molar-refractivity contribution in [3.63, 3.8) is 0 Å². The van der Waals surface area contributed by atoms with Crippen molar-refractivity contribution < 1.29 is 4.52 Å². The molecule has 0 radical (unpaired) electrons. The monoisotopic (exact) mass is 291 g/mol. The molecule has 5 heteroatoms. The van der Waals surface area contributed by atoms with Crippen LogP contribution >= 0.6 is 11.6 Å². The fraction of sp³-hybridized carbons (Fsp3) is 0.467. The van der Waals surface area contributed by atoms with Crippen LogP contribution in [0.15, 0.2) is 28.8 Å². The van der Waals surface area contributed by atoms with Crippen LogP contribution in [0.1, 0.15) is 42.5 Å². The Kier molecular flexibility index (Phi) is 4.03. The molecule has 0 bridgehead atoms. The molecule has 2 unspecified atom stereocenters. The van der Waals surface area contributed by atoms with Crippen molar-refractivity contribution in [2.24, 2.45) is 0 Å². The summed E-state index contributed by atoms with van der Waals surface area (Å²) in [6.45, 7) is 0. The van der Waals surface area contributed by atoms with Gasteiger partial charge >= 0.3 is 0 Å². The second kappa shape index (κ2) is 5.94. The van der Waals surface area contributed by atoms with Gasteiger partial charge in [0.15, 0.2) is 5.82 Å². The van der Waals surface area contributed by atoms with E-state index in [9.17, 15) is 0 Å². The van der Waals surface area contributed by atoms with Crippen LogP contribution in [0.5, 0.6) is 0 Å². The molecule has 4 nitrogen and oxygen atoms in total. The Morgan fingerprint density at radius 3 is 2.85 bits per heavy atom. The molecule has 1 saturated carbocycles. The molecule has 1 aliphatic carbocycles. The van der Waals surface area contributed by atoms with Crippen LogP contribution in [0.25, 0.3) is 0 Å². The number of hydrogen-bond donors (Lipinski definition) is 1. The highest BCUT2D eigenvalue weighted by Gasteiger charge is 2.31. The fourth-order valence-electron chi connectivity index (χ4n) is 2.88. The van der Waals surface area contributed by atoms with Crippen LogP contribution in [0, 0.1) is 0 Å². The zero-order valence-corrected chi connectivity index (χ0v) is 12.2. The smallest absolute Gasteiger partial charge is 0.231 e. The number of benzene rings is 1. The molecule has 0 spiro atoms. The Morgan fingerprint density at radius 2 is 2.10 bits per heavy atom. The zero-order chi connectivity index (χ0) is 13.9. The molecule has 1 heterocycles. The second-order valence-electron chi connectivity index (χ2n) is 5.28. The molecule has 0 aliphatic heterocycles. The first-order chi connectivity index (χ1) is 9.76. The van der Waals surface area contributed by atoms with Crippen molar-refractivity contribution in [2.75, 3.05) is 7.05 Å². The Labute approximate surface area is 123 Å². The van der Waals surface area contributed by atoms with Gasteiger partial charge in [-0.25, -0.2) is 0 Å². The number of nitrogens with one attached hydrogen (secondary N) is 1. The van der Waals surface area contributed by atoms with E-state index in [1.54, 1.807) is 0 Å². The predicted octanol–water partition coefficient (Wildman–Crippen LogP) is 3.17. The topological polar surface area (TPSA) is 51.0 Å². The van der Waals surface area contributed by atoms with E-state index in [-0.39, 0.29) is 0 Å². The van der Waals surface area contributed by atoms with E-state index in [1.807, 2.05) is 31.3 Å². The molecule has 1 aliphatic rings. The summed E-state index contributed by atoms with van der Waals surface area (Å²) in [7, 11) is 1.99. The summed E-state index contributed by atoms with van der Waals surface area (Å²) in [5.41, 5.74) is 1.14. The predicted molar refractivity (Wildman–Crippen MR) is 78.0 cm³/mol. The standard InChI is InChI=1S/C15H18ClN3O/c1-17-13-4-2-3-12(13)15-18-14(19-20-15)9-10-5-7-11(16)8-6-10/h5-8,12-13,17H,2-4,9H2,1H3. The van der Waals surface area contributed by atoms with Gasteiger partial charge in [0.2, 0.25) is 5.89 Å². The van der Waals surface area contributed by atoms with E-state index in [1.165, 1.54) is 12.8 Å². The summed E-state index contributed by atoms with van der Waals surface area (Å²) in [6, 6.07) is 8.20. The normalized spacial score (nSPS) is 22.3. The van der Waals surface area contributed by atoms with Gasteiger partial charge in [-0.1, -0.05) is 35.3 Å². The molecule has 0 saturated heterocycles. The van der Waals surface area contributed by atoms with Crippen molar-refractivity contribution in [2.45, 2.75) is 37.6 Å². The minimum atomic E-state index is 0.353. The van der Waals surface area contributed by atoms with E-state index in [2.05, 4.69) is 15.5 Å². The van der Waals surface area contributed by atoms with Crippen LogP contribution in [-0.2, 0) is 6.42 Å². The van der Waals surface area contributed by atoms with Crippen LogP contribution in [0.3, 0.4) is 0 Å². The fourth-order valence-corrected chi connectivity index (χ4v) is 3.00. The average molecular weight is 292 g/mol. The van der Waals surface area contributed by atoms with E-state index in [0.717, 1.165) is 28.7 Å². The van der Waals surface area contributed by atoms with Gasteiger partial charge in [0, 0.05) is 17.5 Å². The lowest BCUT2D eigenvalue weighted by atomic mass is 10.0. The third kappa shape index (κ3) is 2.86. The van der Waals surface area contributed by atoms with Crippen molar-refractivity contribution in [3.05, 3.63) is 46.6 Å². The van der Waals surface area contributed by atoms with Crippen molar-refractivity contribution in [1.82, 2.24) is 15.5 Å². The highest BCUT2D eigenvalue weighted by atomic mass is 35.5. The molecule has 1 aromatic carbocycles. The van der Waals surface area contributed by atoms with E-state index < -0.39 is 0 Å². The lowest BCUT2D eigenvalue weighted by Crippen LogP contribution is -2.27. The van der Waals surface area contributed by atoms with Gasteiger partial charge < -0.3 is 9.84 Å². The van der Waals surface area contributed by atoms with Gasteiger partial charge in [-0.15, -0.1) is 0 Å². The van der Waals surface area contributed by atoms with Crippen molar-refractivity contribution >= 4 is 11.6 Å². The molecule has 0 amide bonds. The van der Waals surface area contributed by atoms with E-state index >= 15 is 0 Å². The van der Waals surface area contributed by atoms with Crippen LogP contribution < -0.4 is 5.32 Å². The van der Waals surface area contributed by atoms with Gasteiger partial charge in [0.1, 0.15) is 0 Å². The third-order valence-corrected chi connectivity index (χ3v) is 4.22. The molecular formula is C15H18ClN3O. The Morgan fingerprint density at radius 1 is 1.30 bits per heavy atom. The summed E-state index contributed by atoms with van der Waals surface area (Å²) in [6.07, 6.45) is 4.19. The van der Waals surface area contributed by atoms with E-state index in [0.29, 0.717) is 18.4 Å². The Hall–Kier alpha value is -1.39. The molecule has 3 rings (SSSR count). The van der Waals surface area contributed by atoms with Crippen LogP contribution in [0.4, 0.5) is 0 Å². The Balaban J connectivity index is 1.72. The summed E-state index contributed by atoms with van der Waals surface area (Å²) >= 11 is 5.88. The quantitative estimate of drug-likeness (QED) is 0.940. The molecule has 1 fully saturated rings. The first-order valence-electron chi connectivity index (χ1n) is 7.00. The molecule has 20 heavy (non-hydrogen) atoms. The van der Waals surface area contributed by atoms with Crippen LogP contribution in [-0.4, -0.2) is 23.2 Å². The molecule has 1 N–H and O–H groups in total. The summed E-state index contributed by atoms with van der Waals surface area (Å²) in [5, 5.41) is 8.18. The maximum Gasteiger partial charge on any atom is 0.231 e. The molecule has 2 aromatic rings. The molecule has 1 aromatic heterocycles. The zero-order valence-electron chi connectivity index (χ0n) is 11.5. The van der Waals surface area contributed by atoms with Crippen molar-refractivity contribution in [3.8, 4) is 0 Å². The number of aromatic nitrogens is 2. The molecular weight excluding hydrogens is 274 g/mol. The van der Waals surface area contributed by atoms with Gasteiger partial charge in [-0.2, -0.15) is 4.98 Å². The minimum Gasteiger partial charge on any atom is -0.339 e. The number of hydrogen-bond acceptors (Lipinski definition) is 4. The second-order valence-corrected chi connectivity index (χ2v) is 5.72. The summed E-state index contributed by atoms with van der Waals surface area (Å²) in [4.78, 5) is 4.56. The number of likely N-dealkylation sites (N-methyl/N-ethyl adjacent to an activating group) is 1.